The second kappa shape index (κ2) is 6.28. The molecule has 4 heteroatoms. The van der Waals surface area contributed by atoms with Gasteiger partial charge < -0.3 is 15.0 Å². The lowest BCUT2D eigenvalue weighted by Crippen LogP contribution is -2.11. The first kappa shape index (κ1) is 14.2. The largest absolute Gasteiger partial charge is 0.497 e. The quantitative estimate of drug-likeness (QED) is 0.905. The number of ether oxygens (including phenoxy) is 1. The fourth-order valence-corrected chi connectivity index (χ4v) is 1.96. The number of nitrogens with zero attached hydrogens (tertiary/aromatic N) is 2. The SMILES string of the molecule is COc1ccc(C(C)Nc2ccc(N(C)C)nc2)cc1. The van der Waals surface area contributed by atoms with Gasteiger partial charge in [-0.05, 0) is 36.8 Å². The third-order valence-corrected chi connectivity index (χ3v) is 3.21. The molecule has 0 aliphatic rings. The molecule has 2 rings (SSSR count). The summed E-state index contributed by atoms with van der Waals surface area (Å²) in [6, 6.07) is 12.3. The normalized spacial score (nSPS) is 11.8. The molecule has 0 spiro atoms. The predicted octanol–water partition coefficient (Wildman–Crippen LogP) is 3.33. The van der Waals surface area contributed by atoms with E-state index >= 15 is 0 Å². The standard InChI is InChI=1S/C16H21N3O/c1-12(13-5-8-15(20-4)9-6-13)18-14-7-10-16(17-11-14)19(2)3/h5-12,18H,1-4H3. The third-order valence-electron chi connectivity index (χ3n) is 3.21. The van der Waals surface area contributed by atoms with Crippen LogP contribution in [0.5, 0.6) is 5.75 Å². The van der Waals surface area contributed by atoms with E-state index in [0.29, 0.717) is 0 Å². The number of hydrogen-bond acceptors (Lipinski definition) is 4. The van der Waals surface area contributed by atoms with Crippen LogP contribution >= 0.6 is 0 Å². The first-order chi connectivity index (χ1) is 9.60. The average Bonchev–Trinajstić information content (AvgIpc) is 2.48. The molecule has 2 aromatic rings. The smallest absolute Gasteiger partial charge is 0.128 e. The van der Waals surface area contributed by atoms with Gasteiger partial charge in [-0.15, -0.1) is 0 Å². The molecule has 0 aliphatic carbocycles. The van der Waals surface area contributed by atoms with E-state index in [2.05, 4.69) is 29.4 Å². The van der Waals surface area contributed by atoms with E-state index in [1.807, 2.05) is 49.5 Å². The summed E-state index contributed by atoms with van der Waals surface area (Å²) in [4.78, 5) is 6.38. The third kappa shape index (κ3) is 3.41. The van der Waals surface area contributed by atoms with Gasteiger partial charge >= 0.3 is 0 Å². The van der Waals surface area contributed by atoms with Crippen molar-refractivity contribution in [2.75, 3.05) is 31.4 Å². The number of hydrogen-bond donors (Lipinski definition) is 1. The molecule has 0 radical (unpaired) electrons. The minimum atomic E-state index is 0.216. The number of benzene rings is 1. The van der Waals surface area contributed by atoms with Crippen molar-refractivity contribution in [2.24, 2.45) is 0 Å². The molecule has 4 nitrogen and oxygen atoms in total. The molecular formula is C16H21N3O. The van der Waals surface area contributed by atoms with Gasteiger partial charge in [0.15, 0.2) is 0 Å². The molecule has 1 unspecified atom stereocenters. The second-order valence-electron chi connectivity index (χ2n) is 4.94. The van der Waals surface area contributed by atoms with Gasteiger partial charge in [0.05, 0.1) is 19.0 Å². The summed E-state index contributed by atoms with van der Waals surface area (Å²) < 4.78 is 5.17. The summed E-state index contributed by atoms with van der Waals surface area (Å²) in [5.74, 6) is 1.82. The molecule has 106 valence electrons. The number of methoxy groups -OCH3 is 1. The summed E-state index contributed by atoms with van der Waals surface area (Å²) in [6.07, 6.45) is 1.86. The van der Waals surface area contributed by atoms with Crippen molar-refractivity contribution >= 4 is 11.5 Å². The van der Waals surface area contributed by atoms with Crippen LogP contribution in [0.4, 0.5) is 11.5 Å². The first-order valence-electron chi connectivity index (χ1n) is 6.64. The Kier molecular flexibility index (Phi) is 4.45. The monoisotopic (exact) mass is 271 g/mol. The van der Waals surface area contributed by atoms with Crippen LogP contribution in [0.1, 0.15) is 18.5 Å². The maximum absolute atomic E-state index is 5.17. The highest BCUT2D eigenvalue weighted by Crippen LogP contribution is 2.22. The fraction of sp³-hybridized carbons (Fsp3) is 0.312. The number of nitrogens with one attached hydrogen (secondary N) is 1. The fourth-order valence-electron chi connectivity index (χ4n) is 1.96. The van der Waals surface area contributed by atoms with Crippen LogP contribution in [0.3, 0.4) is 0 Å². The second-order valence-corrected chi connectivity index (χ2v) is 4.94. The summed E-state index contributed by atoms with van der Waals surface area (Å²) in [7, 11) is 5.64. The van der Waals surface area contributed by atoms with Gasteiger partial charge in [-0.3, -0.25) is 0 Å². The maximum Gasteiger partial charge on any atom is 0.128 e. The zero-order valence-corrected chi connectivity index (χ0v) is 12.4. The van der Waals surface area contributed by atoms with E-state index in [-0.39, 0.29) is 6.04 Å². The summed E-state index contributed by atoms with van der Waals surface area (Å²) in [5, 5.41) is 3.44. The van der Waals surface area contributed by atoms with Crippen molar-refractivity contribution < 1.29 is 4.74 Å². The van der Waals surface area contributed by atoms with Gasteiger partial charge in [-0.1, -0.05) is 12.1 Å². The van der Waals surface area contributed by atoms with E-state index < -0.39 is 0 Å². The molecule has 0 aliphatic heterocycles. The van der Waals surface area contributed by atoms with Crippen molar-refractivity contribution in [3.05, 3.63) is 48.2 Å². The van der Waals surface area contributed by atoms with E-state index in [1.54, 1.807) is 7.11 Å². The Morgan fingerprint density at radius 2 is 1.80 bits per heavy atom. The molecule has 1 N–H and O–H groups in total. The number of anilines is 2. The van der Waals surface area contributed by atoms with E-state index in [0.717, 1.165) is 17.3 Å². The highest BCUT2D eigenvalue weighted by Gasteiger charge is 2.06. The van der Waals surface area contributed by atoms with Crippen molar-refractivity contribution in [2.45, 2.75) is 13.0 Å². The van der Waals surface area contributed by atoms with E-state index in [9.17, 15) is 0 Å². The molecular weight excluding hydrogens is 250 g/mol. The molecule has 0 saturated heterocycles. The Balaban J connectivity index is 2.04. The number of aromatic nitrogens is 1. The summed E-state index contributed by atoms with van der Waals surface area (Å²) >= 11 is 0. The first-order valence-corrected chi connectivity index (χ1v) is 6.64. The Morgan fingerprint density at radius 1 is 1.10 bits per heavy atom. The van der Waals surface area contributed by atoms with Gasteiger partial charge in [0.1, 0.15) is 11.6 Å². The molecule has 0 fully saturated rings. The van der Waals surface area contributed by atoms with Gasteiger partial charge in [0.2, 0.25) is 0 Å². The molecule has 1 aromatic carbocycles. The minimum absolute atomic E-state index is 0.216. The lowest BCUT2D eigenvalue weighted by Gasteiger charge is -2.17. The number of rotatable bonds is 5. The molecule has 0 amide bonds. The Morgan fingerprint density at radius 3 is 2.30 bits per heavy atom. The Hall–Kier alpha value is -2.23. The average molecular weight is 271 g/mol. The van der Waals surface area contributed by atoms with E-state index in [4.69, 9.17) is 4.74 Å². The highest BCUT2D eigenvalue weighted by atomic mass is 16.5. The molecule has 1 atom stereocenters. The van der Waals surface area contributed by atoms with Crippen molar-refractivity contribution in [3.8, 4) is 5.75 Å². The molecule has 1 aromatic heterocycles. The van der Waals surface area contributed by atoms with Crippen molar-refractivity contribution in [1.82, 2.24) is 4.98 Å². The Bertz CT molecular complexity index is 535. The molecule has 1 heterocycles. The maximum atomic E-state index is 5.17. The van der Waals surface area contributed by atoms with Gasteiger partial charge in [0.25, 0.3) is 0 Å². The zero-order chi connectivity index (χ0) is 14.5. The topological polar surface area (TPSA) is 37.4 Å². The molecule has 0 saturated carbocycles. The van der Waals surface area contributed by atoms with Crippen molar-refractivity contribution in [1.29, 1.82) is 0 Å². The predicted molar refractivity (Wildman–Crippen MR) is 83.6 cm³/mol. The van der Waals surface area contributed by atoms with Crippen LogP contribution in [-0.4, -0.2) is 26.2 Å². The van der Waals surface area contributed by atoms with Crippen LogP contribution in [0, 0.1) is 0 Å². The number of pyridine rings is 1. The summed E-state index contributed by atoms with van der Waals surface area (Å²) in [5.41, 5.74) is 2.22. The van der Waals surface area contributed by atoms with Crippen LogP contribution in [0.15, 0.2) is 42.6 Å². The van der Waals surface area contributed by atoms with Gasteiger partial charge in [-0.25, -0.2) is 4.98 Å². The summed E-state index contributed by atoms with van der Waals surface area (Å²) in [6.45, 7) is 2.13. The molecule has 0 bridgehead atoms. The van der Waals surface area contributed by atoms with Crippen LogP contribution in [0.25, 0.3) is 0 Å². The van der Waals surface area contributed by atoms with Crippen LogP contribution in [-0.2, 0) is 0 Å². The van der Waals surface area contributed by atoms with E-state index in [1.165, 1.54) is 5.56 Å². The lowest BCUT2D eigenvalue weighted by atomic mass is 10.1. The molecule has 20 heavy (non-hydrogen) atoms. The zero-order valence-electron chi connectivity index (χ0n) is 12.4. The van der Waals surface area contributed by atoms with Gasteiger partial charge in [-0.2, -0.15) is 0 Å². The van der Waals surface area contributed by atoms with Crippen LogP contribution < -0.4 is 15.0 Å². The van der Waals surface area contributed by atoms with Crippen molar-refractivity contribution in [3.63, 3.8) is 0 Å². The lowest BCUT2D eigenvalue weighted by molar-refractivity contribution is 0.414. The Labute approximate surface area is 120 Å². The highest BCUT2D eigenvalue weighted by molar-refractivity contribution is 5.49. The van der Waals surface area contributed by atoms with Crippen LogP contribution in [0.2, 0.25) is 0 Å². The van der Waals surface area contributed by atoms with Gasteiger partial charge in [0, 0.05) is 20.1 Å². The minimum Gasteiger partial charge on any atom is -0.497 e.